The molecule has 1 heterocycles. The number of nitrogens with zero attached hydrogens (tertiary/aromatic N) is 2. The maximum atomic E-state index is 2.47. The monoisotopic (exact) mass is 820 g/mol. The fraction of sp³-hybridized carbons (Fsp3) is 0. The highest BCUT2D eigenvalue weighted by atomic mass is 28.3. The van der Waals surface area contributed by atoms with Crippen LogP contribution >= 0.6 is 0 Å². The molecule has 0 fully saturated rings. The van der Waals surface area contributed by atoms with Gasteiger partial charge in [-0.25, -0.2) is 0 Å². The lowest BCUT2D eigenvalue weighted by Crippen LogP contribution is -2.74. The second kappa shape index (κ2) is 16.5. The molecule has 10 aromatic carbocycles. The number of hydrogen-bond acceptors (Lipinski definition) is 1. The van der Waals surface area contributed by atoms with Crippen LogP contribution in [0.4, 0.5) is 17.1 Å². The molecule has 63 heavy (non-hydrogen) atoms. The number of anilines is 3. The molecule has 298 valence electrons. The van der Waals surface area contributed by atoms with Crippen molar-refractivity contribution in [2.45, 2.75) is 0 Å². The quantitative estimate of drug-likeness (QED) is 0.0985. The van der Waals surface area contributed by atoms with Crippen LogP contribution in [0.5, 0.6) is 0 Å². The minimum atomic E-state index is -2.82. The zero-order chi connectivity index (χ0) is 42.0. The lowest BCUT2D eigenvalue weighted by Gasteiger charge is -2.35. The third-order valence-corrected chi connectivity index (χ3v) is 17.3. The minimum Gasteiger partial charge on any atom is -0.310 e. The van der Waals surface area contributed by atoms with Gasteiger partial charge in [0.2, 0.25) is 0 Å². The lowest BCUT2D eigenvalue weighted by atomic mass is 10.0. The zero-order valence-corrected chi connectivity index (χ0v) is 35.8. The van der Waals surface area contributed by atoms with Crippen LogP contribution in [0.25, 0.3) is 49.7 Å². The van der Waals surface area contributed by atoms with Crippen molar-refractivity contribution in [1.29, 1.82) is 0 Å². The fourth-order valence-electron chi connectivity index (χ4n) is 9.75. The first-order valence-corrected chi connectivity index (χ1v) is 23.7. The van der Waals surface area contributed by atoms with E-state index in [1.807, 2.05) is 0 Å². The SMILES string of the molecule is c1ccc(-c2cccc(N(c3cccc(-c4ccccc4-n4c5ccccc5c5ccccc54)c3)c3cccc([Si](c4ccccc4)(c4ccccc4)c4ccccc4)c3)c2)cc1. The van der Waals surface area contributed by atoms with Gasteiger partial charge >= 0.3 is 0 Å². The van der Waals surface area contributed by atoms with Crippen molar-refractivity contribution in [3.63, 3.8) is 0 Å². The van der Waals surface area contributed by atoms with Gasteiger partial charge in [-0.15, -0.1) is 0 Å². The minimum absolute atomic E-state index is 1.08. The summed E-state index contributed by atoms with van der Waals surface area (Å²) in [5.74, 6) is 0. The first-order chi connectivity index (χ1) is 31.3. The largest absolute Gasteiger partial charge is 0.310 e. The van der Waals surface area contributed by atoms with Crippen LogP contribution in [0.3, 0.4) is 0 Å². The van der Waals surface area contributed by atoms with Crippen molar-refractivity contribution in [2.75, 3.05) is 4.90 Å². The van der Waals surface area contributed by atoms with E-state index in [1.54, 1.807) is 0 Å². The van der Waals surface area contributed by atoms with E-state index in [4.69, 9.17) is 0 Å². The van der Waals surface area contributed by atoms with Crippen LogP contribution in [0.1, 0.15) is 0 Å². The Hall–Kier alpha value is -7.98. The summed E-state index contributed by atoms with van der Waals surface area (Å²) in [7, 11) is -2.82. The number of fused-ring (bicyclic) bond motifs is 3. The van der Waals surface area contributed by atoms with E-state index >= 15 is 0 Å². The third-order valence-electron chi connectivity index (χ3n) is 12.5. The molecule has 0 atom stereocenters. The molecule has 1 aromatic heterocycles. The number of para-hydroxylation sites is 3. The molecular formula is C60H44N2Si. The van der Waals surface area contributed by atoms with Crippen molar-refractivity contribution in [1.82, 2.24) is 4.57 Å². The Labute approximate surface area is 370 Å². The molecule has 0 spiro atoms. The summed E-state index contributed by atoms with van der Waals surface area (Å²) in [6.07, 6.45) is 0. The molecule has 0 aliphatic rings. The number of rotatable bonds is 10. The number of hydrogen-bond donors (Lipinski definition) is 0. The maximum Gasteiger partial charge on any atom is 0.179 e. The molecule has 0 aliphatic heterocycles. The van der Waals surface area contributed by atoms with Crippen LogP contribution < -0.4 is 25.6 Å². The molecule has 0 amide bonds. The molecule has 3 heteroatoms. The number of benzene rings is 10. The summed E-state index contributed by atoms with van der Waals surface area (Å²) >= 11 is 0. The summed E-state index contributed by atoms with van der Waals surface area (Å²) in [6.45, 7) is 0. The van der Waals surface area contributed by atoms with Gasteiger partial charge in [-0.3, -0.25) is 0 Å². The van der Waals surface area contributed by atoms with Gasteiger partial charge < -0.3 is 9.47 Å². The second-order valence-corrected chi connectivity index (χ2v) is 19.9. The van der Waals surface area contributed by atoms with Gasteiger partial charge in [0.1, 0.15) is 0 Å². The maximum absolute atomic E-state index is 2.82. The first-order valence-electron chi connectivity index (χ1n) is 21.7. The molecule has 0 N–H and O–H groups in total. The van der Waals surface area contributed by atoms with Crippen LogP contribution in [-0.4, -0.2) is 12.6 Å². The molecule has 11 aromatic rings. The Bertz CT molecular complexity index is 3190. The Kier molecular flexibility index (Phi) is 9.93. The Morgan fingerprint density at radius 2 is 0.683 bits per heavy atom. The summed E-state index contributed by atoms with van der Waals surface area (Å²) in [6, 6.07) is 98.0. The average Bonchev–Trinajstić information content (AvgIpc) is 3.70. The van der Waals surface area contributed by atoms with E-state index in [0.717, 1.165) is 28.3 Å². The van der Waals surface area contributed by atoms with Crippen molar-refractivity contribution in [2.24, 2.45) is 0 Å². The molecule has 0 radical (unpaired) electrons. The predicted octanol–water partition coefficient (Wildman–Crippen LogP) is 13.0. The average molecular weight is 821 g/mol. The molecule has 2 nitrogen and oxygen atoms in total. The highest BCUT2D eigenvalue weighted by Gasteiger charge is 2.41. The summed E-state index contributed by atoms with van der Waals surface area (Å²) < 4.78 is 2.43. The topological polar surface area (TPSA) is 8.17 Å². The lowest BCUT2D eigenvalue weighted by molar-refractivity contribution is 1.18. The van der Waals surface area contributed by atoms with Gasteiger partial charge in [-0.05, 0) is 92.0 Å². The second-order valence-electron chi connectivity index (χ2n) is 16.1. The predicted molar refractivity (Wildman–Crippen MR) is 270 cm³/mol. The fourth-order valence-corrected chi connectivity index (χ4v) is 14.5. The van der Waals surface area contributed by atoms with Crippen LogP contribution in [0.2, 0.25) is 0 Å². The van der Waals surface area contributed by atoms with Gasteiger partial charge in [0.25, 0.3) is 0 Å². The molecule has 0 aliphatic carbocycles. The van der Waals surface area contributed by atoms with Gasteiger partial charge in [0.15, 0.2) is 8.07 Å². The molecule has 0 saturated carbocycles. The van der Waals surface area contributed by atoms with Gasteiger partial charge in [0.05, 0.1) is 16.7 Å². The van der Waals surface area contributed by atoms with Gasteiger partial charge in [-0.1, -0.05) is 212 Å². The summed E-state index contributed by atoms with van der Waals surface area (Å²) in [5.41, 5.74) is 11.5. The van der Waals surface area contributed by atoms with Crippen molar-refractivity contribution in [3.05, 3.63) is 267 Å². The van der Waals surface area contributed by atoms with Crippen molar-refractivity contribution >= 4 is 67.7 Å². The molecule has 0 unspecified atom stereocenters. The van der Waals surface area contributed by atoms with E-state index < -0.39 is 8.07 Å². The summed E-state index contributed by atoms with van der Waals surface area (Å²) in [5, 5.41) is 7.87. The normalized spacial score (nSPS) is 11.5. The molecule has 11 rings (SSSR count). The number of aromatic nitrogens is 1. The van der Waals surface area contributed by atoms with E-state index in [-0.39, 0.29) is 0 Å². The summed E-state index contributed by atoms with van der Waals surface area (Å²) in [4.78, 5) is 2.45. The van der Waals surface area contributed by atoms with Crippen molar-refractivity contribution < 1.29 is 0 Å². The standard InChI is InChI=1S/C60H44N2Si/c1-5-22-45(23-6-1)46-24-19-26-48(42-46)61(50-28-21-35-54(44-50)63(51-29-7-2-8-30-51,52-31-9-3-10-32-52)53-33-11-4-12-34-53)49-27-20-25-47(43-49)55-36-13-16-39-58(55)62-59-40-17-14-37-56(59)57-38-15-18-41-60(57)62/h1-44H. The van der Waals surface area contributed by atoms with E-state index in [9.17, 15) is 0 Å². The Morgan fingerprint density at radius 3 is 1.25 bits per heavy atom. The first kappa shape index (κ1) is 38.0. The molecule has 0 saturated heterocycles. The van der Waals surface area contributed by atoms with Crippen LogP contribution in [0.15, 0.2) is 267 Å². The van der Waals surface area contributed by atoms with E-state index in [2.05, 4.69) is 276 Å². The van der Waals surface area contributed by atoms with E-state index in [1.165, 1.54) is 59.2 Å². The van der Waals surface area contributed by atoms with Crippen molar-refractivity contribution in [3.8, 4) is 27.9 Å². The van der Waals surface area contributed by atoms with Crippen LogP contribution in [-0.2, 0) is 0 Å². The molecular weight excluding hydrogens is 777 g/mol. The smallest absolute Gasteiger partial charge is 0.179 e. The zero-order valence-electron chi connectivity index (χ0n) is 34.8. The van der Waals surface area contributed by atoms with Crippen LogP contribution in [0, 0.1) is 0 Å². The van der Waals surface area contributed by atoms with Gasteiger partial charge in [-0.2, -0.15) is 0 Å². The van der Waals surface area contributed by atoms with Gasteiger partial charge in [0, 0.05) is 33.4 Å². The Morgan fingerprint density at radius 1 is 0.286 bits per heavy atom. The Balaban J connectivity index is 1.13. The highest BCUT2D eigenvalue weighted by molar-refractivity contribution is 7.19. The van der Waals surface area contributed by atoms with E-state index in [0.29, 0.717) is 0 Å². The third kappa shape index (κ3) is 6.76. The highest BCUT2D eigenvalue weighted by Crippen LogP contribution is 2.40. The molecule has 0 bridgehead atoms.